The van der Waals surface area contributed by atoms with Crippen LogP contribution in [0.15, 0.2) is 0 Å². The Hall–Kier alpha value is -0.570. The molecule has 0 aliphatic heterocycles. The maximum absolute atomic E-state index is 11.5. The molecule has 0 radical (unpaired) electrons. The SMILES string of the molecule is CC(C)NC(=O)CCNC1CCC2(CCCC2)CC1. The standard InChI is InChI=1S/C16H30N2O/c1-13(2)18-15(19)7-12-17-14-5-10-16(11-6-14)8-3-4-9-16/h13-14,17H,3-12H2,1-2H3,(H,18,19). The lowest BCUT2D eigenvalue weighted by Crippen LogP contribution is -2.39. The van der Waals surface area contributed by atoms with Crippen LogP contribution in [0.5, 0.6) is 0 Å². The van der Waals surface area contributed by atoms with Gasteiger partial charge < -0.3 is 10.6 Å². The molecule has 0 unspecified atom stereocenters. The van der Waals surface area contributed by atoms with Crippen molar-refractivity contribution >= 4 is 5.91 Å². The van der Waals surface area contributed by atoms with Gasteiger partial charge in [-0.1, -0.05) is 12.8 Å². The van der Waals surface area contributed by atoms with Crippen molar-refractivity contribution in [2.24, 2.45) is 5.41 Å². The van der Waals surface area contributed by atoms with Crippen LogP contribution in [0.4, 0.5) is 0 Å². The van der Waals surface area contributed by atoms with Crippen molar-refractivity contribution in [3.05, 3.63) is 0 Å². The van der Waals surface area contributed by atoms with Gasteiger partial charge in [0.05, 0.1) is 0 Å². The molecule has 2 aliphatic rings. The highest BCUT2D eigenvalue weighted by molar-refractivity contribution is 5.76. The molecule has 0 aromatic heterocycles. The average molecular weight is 266 g/mol. The van der Waals surface area contributed by atoms with E-state index >= 15 is 0 Å². The van der Waals surface area contributed by atoms with Crippen LogP contribution in [0.25, 0.3) is 0 Å². The topological polar surface area (TPSA) is 41.1 Å². The van der Waals surface area contributed by atoms with E-state index in [4.69, 9.17) is 0 Å². The fraction of sp³-hybridized carbons (Fsp3) is 0.938. The molecule has 2 N–H and O–H groups in total. The maximum Gasteiger partial charge on any atom is 0.221 e. The van der Waals surface area contributed by atoms with E-state index in [0.29, 0.717) is 17.9 Å². The molecule has 0 heterocycles. The Labute approximate surface area is 117 Å². The monoisotopic (exact) mass is 266 g/mol. The van der Waals surface area contributed by atoms with Gasteiger partial charge in [-0.2, -0.15) is 0 Å². The summed E-state index contributed by atoms with van der Waals surface area (Å²) in [6.07, 6.45) is 11.9. The summed E-state index contributed by atoms with van der Waals surface area (Å²) in [6, 6.07) is 0.905. The van der Waals surface area contributed by atoms with Crippen LogP contribution >= 0.6 is 0 Å². The van der Waals surface area contributed by atoms with Gasteiger partial charge in [0.15, 0.2) is 0 Å². The molecule has 2 fully saturated rings. The number of nitrogens with one attached hydrogen (secondary N) is 2. The van der Waals surface area contributed by atoms with Crippen molar-refractivity contribution in [3.63, 3.8) is 0 Å². The summed E-state index contributed by atoms with van der Waals surface area (Å²) < 4.78 is 0. The van der Waals surface area contributed by atoms with Crippen LogP contribution in [-0.2, 0) is 4.79 Å². The summed E-state index contributed by atoms with van der Waals surface area (Å²) in [4.78, 5) is 11.5. The number of carbonyl (C=O) groups is 1. The first-order chi connectivity index (χ1) is 9.10. The molecule has 1 amide bonds. The number of amides is 1. The summed E-state index contributed by atoms with van der Waals surface area (Å²) in [5.41, 5.74) is 0.715. The minimum absolute atomic E-state index is 0.172. The average Bonchev–Trinajstić information content (AvgIpc) is 2.80. The predicted octanol–water partition coefficient (Wildman–Crippen LogP) is 2.99. The smallest absolute Gasteiger partial charge is 0.221 e. The number of hydrogen-bond donors (Lipinski definition) is 2. The summed E-state index contributed by atoms with van der Waals surface area (Å²) in [5.74, 6) is 0.172. The second kappa shape index (κ2) is 6.74. The van der Waals surface area contributed by atoms with Crippen LogP contribution in [-0.4, -0.2) is 24.5 Å². The first-order valence-electron chi connectivity index (χ1n) is 8.12. The quantitative estimate of drug-likeness (QED) is 0.803. The van der Waals surface area contributed by atoms with Crippen LogP contribution in [0.2, 0.25) is 0 Å². The van der Waals surface area contributed by atoms with Crippen molar-refractivity contribution in [1.29, 1.82) is 0 Å². The second-order valence-electron chi connectivity index (χ2n) is 6.91. The highest BCUT2D eigenvalue weighted by Crippen LogP contribution is 2.48. The zero-order chi connectivity index (χ0) is 13.7. The van der Waals surface area contributed by atoms with Gasteiger partial charge in [-0.05, 0) is 57.8 Å². The molecule has 3 heteroatoms. The van der Waals surface area contributed by atoms with E-state index in [1.807, 2.05) is 13.8 Å². The minimum atomic E-state index is 0.172. The molecule has 110 valence electrons. The van der Waals surface area contributed by atoms with Gasteiger partial charge in [-0.25, -0.2) is 0 Å². The Balaban J connectivity index is 1.59. The van der Waals surface area contributed by atoms with Crippen molar-refractivity contribution in [2.75, 3.05) is 6.54 Å². The third-order valence-electron chi connectivity index (χ3n) is 4.95. The Morgan fingerprint density at radius 2 is 1.79 bits per heavy atom. The molecule has 0 atom stereocenters. The van der Waals surface area contributed by atoms with Crippen molar-refractivity contribution in [1.82, 2.24) is 10.6 Å². The second-order valence-corrected chi connectivity index (χ2v) is 6.91. The number of rotatable bonds is 5. The van der Waals surface area contributed by atoms with E-state index in [0.717, 1.165) is 6.54 Å². The highest BCUT2D eigenvalue weighted by atomic mass is 16.1. The van der Waals surface area contributed by atoms with Crippen LogP contribution in [0.1, 0.15) is 71.6 Å². The first kappa shape index (κ1) is 14.8. The zero-order valence-electron chi connectivity index (χ0n) is 12.6. The van der Waals surface area contributed by atoms with Gasteiger partial charge in [0.1, 0.15) is 0 Å². The van der Waals surface area contributed by atoms with Crippen LogP contribution in [0, 0.1) is 5.41 Å². The van der Waals surface area contributed by atoms with Crippen molar-refractivity contribution in [2.45, 2.75) is 83.7 Å². The molecule has 0 aromatic carbocycles. The molecule has 0 saturated heterocycles. The number of hydrogen-bond acceptors (Lipinski definition) is 2. The van der Waals surface area contributed by atoms with Gasteiger partial charge in [0, 0.05) is 25.0 Å². The lowest BCUT2D eigenvalue weighted by Gasteiger charge is -2.37. The molecule has 0 bridgehead atoms. The fourth-order valence-electron chi connectivity index (χ4n) is 3.84. The van der Waals surface area contributed by atoms with Crippen molar-refractivity contribution in [3.8, 4) is 0 Å². The largest absolute Gasteiger partial charge is 0.354 e. The minimum Gasteiger partial charge on any atom is -0.354 e. The predicted molar refractivity (Wildman–Crippen MR) is 79.1 cm³/mol. The Bertz CT molecular complexity index is 285. The van der Waals surface area contributed by atoms with E-state index in [-0.39, 0.29) is 11.9 Å². The third-order valence-corrected chi connectivity index (χ3v) is 4.95. The van der Waals surface area contributed by atoms with Gasteiger partial charge in [0.25, 0.3) is 0 Å². The molecule has 2 aliphatic carbocycles. The third kappa shape index (κ3) is 4.48. The molecular formula is C16H30N2O. The molecule has 0 aromatic rings. The molecule has 2 saturated carbocycles. The van der Waals surface area contributed by atoms with E-state index in [2.05, 4.69) is 10.6 Å². The fourth-order valence-corrected chi connectivity index (χ4v) is 3.84. The van der Waals surface area contributed by atoms with Gasteiger partial charge in [0.2, 0.25) is 5.91 Å². The Kier molecular flexibility index (Phi) is 5.26. The normalized spacial score (nSPS) is 23.1. The van der Waals surface area contributed by atoms with E-state index < -0.39 is 0 Å². The van der Waals surface area contributed by atoms with Crippen molar-refractivity contribution < 1.29 is 4.79 Å². The van der Waals surface area contributed by atoms with Crippen LogP contribution in [0.3, 0.4) is 0 Å². The van der Waals surface area contributed by atoms with Crippen LogP contribution < -0.4 is 10.6 Å². The lowest BCUT2D eigenvalue weighted by molar-refractivity contribution is -0.121. The maximum atomic E-state index is 11.5. The van der Waals surface area contributed by atoms with E-state index in [1.54, 1.807) is 0 Å². The van der Waals surface area contributed by atoms with E-state index in [9.17, 15) is 4.79 Å². The summed E-state index contributed by atoms with van der Waals surface area (Å²) in [5, 5.41) is 6.51. The molecule has 1 spiro atoms. The highest BCUT2D eigenvalue weighted by Gasteiger charge is 2.37. The van der Waals surface area contributed by atoms with E-state index in [1.165, 1.54) is 51.4 Å². The zero-order valence-corrected chi connectivity index (χ0v) is 12.6. The van der Waals surface area contributed by atoms with Gasteiger partial charge in [-0.3, -0.25) is 4.79 Å². The molecule has 2 rings (SSSR count). The molecular weight excluding hydrogens is 236 g/mol. The number of carbonyl (C=O) groups excluding carboxylic acids is 1. The Morgan fingerprint density at radius 1 is 1.16 bits per heavy atom. The first-order valence-corrected chi connectivity index (χ1v) is 8.12. The lowest BCUT2D eigenvalue weighted by atomic mass is 9.71. The molecule has 19 heavy (non-hydrogen) atoms. The summed E-state index contributed by atoms with van der Waals surface area (Å²) in [6.45, 7) is 4.84. The summed E-state index contributed by atoms with van der Waals surface area (Å²) >= 11 is 0. The Morgan fingerprint density at radius 3 is 2.37 bits per heavy atom. The van der Waals surface area contributed by atoms with Gasteiger partial charge >= 0.3 is 0 Å². The molecule has 3 nitrogen and oxygen atoms in total. The summed E-state index contributed by atoms with van der Waals surface area (Å²) in [7, 11) is 0. The van der Waals surface area contributed by atoms with Gasteiger partial charge in [-0.15, -0.1) is 0 Å².